The number of benzene rings is 1. The molecular formula is C13H14FNO3. The first-order valence-electron chi connectivity index (χ1n) is 5.90. The first-order chi connectivity index (χ1) is 8.63. The summed E-state index contributed by atoms with van der Waals surface area (Å²) in [6.45, 7) is 2.45. The molecule has 1 aromatic carbocycles. The maximum Gasteiger partial charge on any atom is 0.341 e. The van der Waals surface area contributed by atoms with Crippen molar-refractivity contribution < 1.29 is 18.7 Å². The van der Waals surface area contributed by atoms with E-state index in [0.29, 0.717) is 18.7 Å². The zero-order valence-corrected chi connectivity index (χ0v) is 10.1. The van der Waals surface area contributed by atoms with Crippen molar-refractivity contribution >= 4 is 17.6 Å². The Morgan fingerprint density at radius 1 is 1.50 bits per heavy atom. The third kappa shape index (κ3) is 2.34. The van der Waals surface area contributed by atoms with Crippen LogP contribution >= 0.6 is 0 Å². The van der Waals surface area contributed by atoms with E-state index >= 15 is 0 Å². The van der Waals surface area contributed by atoms with Gasteiger partial charge in [0.25, 0.3) is 0 Å². The minimum Gasteiger partial charge on any atom is -0.462 e. The van der Waals surface area contributed by atoms with Crippen LogP contribution in [-0.4, -0.2) is 25.0 Å². The Kier molecular flexibility index (Phi) is 3.60. The van der Waals surface area contributed by atoms with E-state index in [4.69, 9.17) is 4.74 Å². The summed E-state index contributed by atoms with van der Waals surface area (Å²) in [5, 5.41) is 0. The summed E-state index contributed by atoms with van der Waals surface area (Å²) in [5.74, 6) is -1.36. The Balaban J connectivity index is 2.24. The van der Waals surface area contributed by atoms with Crippen LogP contribution in [0.25, 0.3) is 0 Å². The molecular weight excluding hydrogens is 237 g/mol. The first kappa shape index (κ1) is 12.5. The zero-order valence-electron chi connectivity index (χ0n) is 10.1. The van der Waals surface area contributed by atoms with Crippen molar-refractivity contribution in [2.45, 2.75) is 19.8 Å². The SMILES string of the molecule is CCOC(=O)c1ccc(N2CCCC2=O)cc1F. The molecule has 1 aromatic rings. The highest BCUT2D eigenvalue weighted by molar-refractivity contribution is 5.96. The molecule has 1 amide bonds. The molecule has 1 aliphatic rings. The number of carbonyl (C=O) groups excluding carboxylic acids is 2. The number of anilines is 1. The summed E-state index contributed by atoms with van der Waals surface area (Å²) >= 11 is 0. The van der Waals surface area contributed by atoms with Gasteiger partial charge in [-0.1, -0.05) is 0 Å². The van der Waals surface area contributed by atoms with E-state index in [1.54, 1.807) is 13.0 Å². The predicted molar refractivity (Wildman–Crippen MR) is 63.9 cm³/mol. The van der Waals surface area contributed by atoms with Crippen molar-refractivity contribution in [3.05, 3.63) is 29.6 Å². The molecule has 18 heavy (non-hydrogen) atoms. The van der Waals surface area contributed by atoms with E-state index in [-0.39, 0.29) is 18.1 Å². The number of amides is 1. The number of esters is 1. The molecule has 0 radical (unpaired) electrons. The third-order valence-corrected chi connectivity index (χ3v) is 2.83. The maximum absolute atomic E-state index is 13.8. The number of rotatable bonds is 3. The first-order valence-corrected chi connectivity index (χ1v) is 5.90. The monoisotopic (exact) mass is 251 g/mol. The molecule has 0 spiro atoms. The Morgan fingerprint density at radius 3 is 2.83 bits per heavy atom. The van der Waals surface area contributed by atoms with Gasteiger partial charge in [-0.05, 0) is 31.5 Å². The van der Waals surface area contributed by atoms with Crippen LogP contribution in [0.15, 0.2) is 18.2 Å². The lowest BCUT2D eigenvalue weighted by Crippen LogP contribution is -2.24. The summed E-state index contributed by atoms with van der Waals surface area (Å²) in [6.07, 6.45) is 1.27. The average Bonchev–Trinajstić information content (AvgIpc) is 2.75. The van der Waals surface area contributed by atoms with Crippen LogP contribution < -0.4 is 4.90 Å². The Hall–Kier alpha value is -1.91. The number of hydrogen-bond donors (Lipinski definition) is 0. The van der Waals surface area contributed by atoms with Crippen molar-refractivity contribution in [2.24, 2.45) is 0 Å². The predicted octanol–water partition coefficient (Wildman–Crippen LogP) is 2.13. The van der Waals surface area contributed by atoms with Gasteiger partial charge in [-0.25, -0.2) is 9.18 Å². The molecule has 4 nitrogen and oxygen atoms in total. The highest BCUT2D eigenvalue weighted by Gasteiger charge is 2.23. The molecule has 0 saturated carbocycles. The summed E-state index contributed by atoms with van der Waals surface area (Å²) in [7, 11) is 0. The Labute approximate surface area is 104 Å². The molecule has 0 aliphatic carbocycles. The standard InChI is InChI=1S/C13H14FNO3/c1-2-18-13(17)10-6-5-9(8-11(10)14)15-7-3-4-12(15)16/h5-6,8H,2-4,7H2,1H3. The molecule has 1 heterocycles. The molecule has 0 bridgehead atoms. The van der Waals surface area contributed by atoms with E-state index in [1.807, 2.05) is 0 Å². The fraction of sp³-hybridized carbons (Fsp3) is 0.385. The highest BCUT2D eigenvalue weighted by atomic mass is 19.1. The van der Waals surface area contributed by atoms with E-state index in [2.05, 4.69) is 0 Å². The van der Waals surface area contributed by atoms with Crippen LogP contribution in [0.4, 0.5) is 10.1 Å². The van der Waals surface area contributed by atoms with Crippen molar-refractivity contribution in [1.29, 1.82) is 0 Å². The average molecular weight is 251 g/mol. The molecule has 1 saturated heterocycles. The smallest absolute Gasteiger partial charge is 0.341 e. The van der Waals surface area contributed by atoms with Gasteiger partial charge in [-0.3, -0.25) is 4.79 Å². The lowest BCUT2D eigenvalue weighted by atomic mass is 10.2. The van der Waals surface area contributed by atoms with Crippen LogP contribution in [0.5, 0.6) is 0 Å². The third-order valence-electron chi connectivity index (χ3n) is 2.83. The summed E-state index contributed by atoms with van der Waals surface area (Å²) in [6, 6.07) is 4.13. The molecule has 0 N–H and O–H groups in total. The van der Waals surface area contributed by atoms with Gasteiger partial charge in [-0.2, -0.15) is 0 Å². The Morgan fingerprint density at radius 2 is 2.28 bits per heavy atom. The largest absolute Gasteiger partial charge is 0.462 e. The van der Waals surface area contributed by atoms with Gasteiger partial charge < -0.3 is 9.64 Å². The second-order valence-electron chi connectivity index (χ2n) is 4.03. The summed E-state index contributed by atoms with van der Waals surface area (Å²) in [4.78, 5) is 24.5. The van der Waals surface area contributed by atoms with Gasteiger partial charge in [0.1, 0.15) is 5.82 Å². The normalized spacial score (nSPS) is 15.0. The minimum absolute atomic E-state index is 0.0155. The summed E-state index contributed by atoms with van der Waals surface area (Å²) in [5.41, 5.74) is 0.385. The van der Waals surface area contributed by atoms with Crippen molar-refractivity contribution in [2.75, 3.05) is 18.1 Å². The number of hydrogen-bond acceptors (Lipinski definition) is 3. The number of halogens is 1. The molecule has 1 aliphatic heterocycles. The lowest BCUT2D eigenvalue weighted by Gasteiger charge is -2.16. The fourth-order valence-corrected chi connectivity index (χ4v) is 1.97. The molecule has 0 unspecified atom stereocenters. The minimum atomic E-state index is -0.686. The molecule has 2 rings (SSSR count). The molecule has 0 aromatic heterocycles. The van der Waals surface area contributed by atoms with Gasteiger partial charge in [0, 0.05) is 18.7 Å². The second kappa shape index (κ2) is 5.16. The summed E-state index contributed by atoms with van der Waals surface area (Å²) < 4.78 is 18.5. The quantitative estimate of drug-likeness (QED) is 0.773. The van der Waals surface area contributed by atoms with Crippen molar-refractivity contribution in [3.63, 3.8) is 0 Å². The van der Waals surface area contributed by atoms with Crippen LogP contribution in [0.1, 0.15) is 30.1 Å². The van der Waals surface area contributed by atoms with Crippen LogP contribution in [0, 0.1) is 5.82 Å². The molecule has 1 fully saturated rings. The van der Waals surface area contributed by atoms with Gasteiger partial charge >= 0.3 is 5.97 Å². The van der Waals surface area contributed by atoms with Crippen LogP contribution in [-0.2, 0) is 9.53 Å². The van der Waals surface area contributed by atoms with Crippen LogP contribution in [0.2, 0.25) is 0 Å². The number of nitrogens with zero attached hydrogens (tertiary/aromatic N) is 1. The lowest BCUT2D eigenvalue weighted by molar-refractivity contribution is -0.117. The molecule has 5 heteroatoms. The van der Waals surface area contributed by atoms with E-state index in [1.165, 1.54) is 17.0 Å². The van der Waals surface area contributed by atoms with Gasteiger partial charge in [0.05, 0.1) is 12.2 Å². The van der Waals surface area contributed by atoms with Crippen molar-refractivity contribution in [1.82, 2.24) is 0 Å². The fourth-order valence-electron chi connectivity index (χ4n) is 1.97. The Bertz CT molecular complexity index is 487. The van der Waals surface area contributed by atoms with E-state index in [0.717, 1.165) is 6.42 Å². The number of ether oxygens (including phenoxy) is 1. The number of carbonyl (C=O) groups is 2. The molecule has 96 valence electrons. The van der Waals surface area contributed by atoms with Gasteiger partial charge in [0.15, 0.2) is 0 Å². The maximum atomic E-state index is 13.8. The van der Waals surface area contributed by atoms with E-state index < -0.39 is 11.8 Å². The topological polar surface area (TPSA) is 46.6 Å². The van der Waals surface area contributed by atoms with Gasteiger partial charge in [0.2, 0.25) is 5.91 Å². The second-order valence-corrected chi connectivity index (χ2v) is 4.03. The zero-order chi connectivity index (χ0) is 13.1. The van der Waals surface area contributed by atoms with E-state index in [9.17, 15) is 14.0 Å². The van der Waals surface area contributed by atoms with Gasteiger partial charge in [-0.15, -0.1) is 0 Å². The highest BCUT2D eigenvalue weighted by Crippen LogP contribution is 2.23. The molecule has 0 atom stereocenters. The van der Waals surface area contributed by atoms with Crippen molar-refractivity contribution in [3.8, 4) is 0 Å². The van der Waals surface area contributed by atoms with Crippen LogP contribution in [0.3, 0.4) is 0 Å².